The number of pyridine rings is 1. The highest BCUT2D eigenvalue weighted by molar-refractivity contribution is 6.30. The molecular weight excluding hydrogens is 460 g/mol. The quantitative estimate of drug-likeness (QED) is 0.461. The van der Waals surface area contributed by atoms with Gasteiger partial charge in [-0.05, 0) is 54.7 Å². The molecule has 176 valence electrons. The van der Waals surface area contributed by atoms with Gasteiger partial charge >= 0.3 is 5.97 Å². The lowest BCUT2D eigenvalue weighted by atomic mass is 9.73. The first kappa shape index (κ1) is 23.1. The van der Waals surface area contributed by atoms with Crippen LogP contribution in [0.2, 0.25) is 5.02 Å². The van der Waals surface area contributed by atoms with E-state index in [0.29, 0.717) is 40.4 Å². The van der Waals surface area contributed by atoms with E-state index < -0.39 is 11.9 Å². The number of esters is 1. The van der Waals surface area contributed by atoms with Crippen molar-refractivity contribution in [2.45, 2.75) is 38.2 Å². The second-order valence-corrected chi connectivity index (χ2v) is 9.32. The average Bonchev–Trinajstić information content (AvgIpc) is 2.88. The van der Waals surface area contributed by atoms with E-state index >= 15 is 0 Å². The summed E-state index contributed by atoms with van der Waals surface area (Å²) >= 11 is 6.06. The van der Waals surface area contributed by atoms with Crippen LogP contribution in [0.15, 0.2) is 102 Å². The van der Waals surface area contributed by atoms with Crippen molar-refractivity contribution < 1.29 is 14.3 Å². The molecule has 5 rings (SSSR count). The Morgan fingerprint density at radius 2 is 1.77 bits per heavy atom. The van der Waals surface area contributed by atoms with Crippen molar-refractivity contribution in [1.29, 1.82) is 0 Å². The zero-order valence-electron chi connectivity index (χ0n) is 19.3. The first-order valence-corrected chi connectivity index (χ1v) is 12.0. The van der Waals surface area contributed by atoms with E-state index in [-0.39, 0.29) is 18.3 Å². The number of nitrogens with one attached hydrogen (secondary N) is 1. The molecule has 0 amide bonds. The average molecular weight is 485 g/mol. The third-order valence-electron chi connectivity index (χ3n) is 6.59. The van der Waals surface area contributed by atoms with Crippen LogP contribution < -0.4 is 5.32 Å². The summed E-state index contributed by atoms with van der Waals surface area (Å²) in [6.07, 6.45) is 2.70. The van der Waals surface area contributed by atoms with Gasteiger partial charge in [-0.3, -0.25) is 9.78 Å². The zero-order valence-corrected chi connectivity index (χ0v) is 20.1. The lowest BCUT2D eigenvalue weighted by molar-refractivity contribution is -0.140. The smallest absolute Gasteiger partial charge is 0.337 e. The van der Waals surface area contributed by atoms with E-state index in [1.165, 1.54) is 0 Å². The van der Waals surface area contributed by atoms with Crippen LogP contribution in [0.3, 0.4) is 0 Å². The number of aromatic nitrogens is 1. The van der Waals surface area contributed by atoms with Gasteiger partial charge in [0, 0.05) is 34.6 Å². The molecule has 2 heterocycles. The molecule has 0 unspecified atom stereocenters. The van der Waals surface area contributed by atoms with Crippen molar-refractivity contribution in [1.82, 2.24) is 10.3 Å². The van der Waals surface area contributed by atoms with Crippen LogP contribution in [0.1, 0.15) is 48.4 Å². The summed E-state index contributed by atoms with van der Waals surface area (Å²) in [6.45, 7) is 2.01. The summed E-state index contributed by atoms with van der Waals surface area (Å²) in [4.78, 5) is 31.5. The van der Waals surface area contributed by atoms with Crippen LogP contribution in [0, 0.1) is 0 Å². The van der Waals surface area contributed by atoms with Gasteiger partial charge in [-0.1, -0.05) is 60.1 Å². The maximum atomic E-state index is 13.6. The van der Waals surface area contributed by atoms with Crippen molar-refractivity contribution in [2.24, 2.45) is 0 Å². The van der Waals surface area contributed by atoms with Crippen molar-refractivity contribution in [3.63, 3.8) is 0 Å². The molecule has 2 aromatic carbocycles. The maximum Gasteiger partial charge on any atom is 0.337 e. The Morgan fingerprint density at radius 1 is 1.03 bits per heavy atom. The van der Waals surface area contributed by atoms with Crippen LogP contribution in [-0.4, -0.2) is 16.7 Å². The number of carbonyl (C=O) groups excluding carboxylic acids is 2. The maximum absolute atomic E-state index is 13.6. The van der Waals surface area contributed by atoms with E-state index in [4.69, 9.17) is 16.3 Å². The lowest BCUT2D eigenvalue weighted by Gasteiger charge is -2.36. The van der Waals surface area contributed by atoms with Crippen LogP contribution in [0.5, 0.6) is 0 Å². The molecule has 1 aliphatic heterocycles. The Kier molecular flexibility index (Phi) is 6.51. The highest BCUT2D eigenvalue weighted by atomic mass is 35.5. The first-order valence-electron chi connectivity index (χ1n) is 11.6. The Balaban J connectivity index is 1.49. The molecule has 0 spiro atoms. The van der Waals surface area contributed by atoms with Gasteiger partial charge in [0.05, 0.1) is 17.2 Å². The zero-order chi connectivity index (χ0) is 24.4. The number of carbonyl (C=O) groups is 2. The van der Waals surface area contributed by atoms with Crippen LogP contribution in [0.25, 0.3) is 0 Å². The lowest BCUT2D eigenvalue weighted by Crippen LogP contribution is -2.36. The predicted molar refractivity (Wildman–Crippen MR) is 135 cm³/mol. The Labute approximate surface area is 209 Å². The van der Waals surface area contributed by atoms with E-state index in [0.717, 1.165) is 16.8 Å². The molecule has 2 atom stereocenters. The normalized spacial score (nSPS) is 19.8. The fourth-order valence-electron chi connectivity index (χ4n) is 4.92. The summed E-state index contributed by atoms with van der Waals surface area (Å²) in [5, 5.41) is 4.04. The number of benzene rings is 2. The minimum atomic E-state index is -0.575. The van der Waals surface area contributed by atoms with Crippen molar-refractivity contribution in [2.75, 3.05) is 0 Å². The third kappa shape index (κ3) is 4.77. The Bertz CT molecular complexity index is 1320. The summed E-state index contributed by atoms with van der Waals surface area (Å²) in [7, 11) is 0. The minimum absolute atomic E-state index is 0.00946. The number of ether oxygens (including phenoxy) is 1. The molecule has 1 aromatic heterocycles. The van der Waals surface area contributed by atoms with Gasteiger partial charge in [-0.25, -0.2) is 4.79 Å². The largest absolute Gasteiger partial charge is 0.457 e. The van der Waals surface area contributed by atoms with Gasteiger partial charge in [0.1, 0.15) is 6.61 Å². The van der Waals surface area contributed by atoms with E-state index in [2.05, 4.69) is 10.3 Å². The monoisotopic (exact) mass is 484 g/mol. The molecule has 2 aliphatic rings. The van der Waals surface area contributed by atoms with Gasteiger partial charge < -0.3 is 10.1 Å². The summed E-state index contributed by atoms with van der Waals surface area (Å²) in [5.74, 6) is -0.979. The predicted octanol–water partition coefficient (Wildman–Crippen LogP) is 5.84. The molecule has 1 aliphatic carbocycles. The number of hydrogen-bond acceptors (Lipinski definition) is 5. The molecule has 0 saturated carbocycles. The Morgan fingerprint density at radius 3 is 2.49 bits per heavy atom. The molecule has 6 heteroatoms. The number of halogens is 1. The van der Waals surface area contributed by atoms with Gasteiger partial charge in [0.15, 0.2) is 5.78 Å². The highest BCUT2D eigenvalue weighted by Gasteiger charge is 2.42. The second kappa shape index (κ2) is 9.88. The molecule has 0 radical (unpaired) electrons. The summed E-state index contributed by atoms with van der Waals surface area (Å²) < 4.78 is 5.70. The number of hydrogen-bond donors (Lipinski definition) is 1. The molecule has 1 N–H and O–H groups in total. The molecule has 35 heavy (non-hydrogen) atoms. The van der Waals surface area contributed by atoms with Crippen LogP contribution in [0.4, 0.5) is 0 Å². The molecular formula is C29H25ClN2O3. The number of Topliss-reactive ketones (excluding diaryl/α,β-unsaturated/α-hetero) is 1. The summed E-state index contributed by atoms with van der Waals surface area (Å²) in [5.41, 5.74) is 5.18. The van der Waals surface area contributed by atoms with Crippen LogP contribution in [-0.2, 0) is 20.9 Å². The van der Waals surface area contributed by atoms with Gasteiger partial charge in [-0.2, -0.15) is 0 Å². The number of allylic oxidation sites excluding steroid dienone is 3. The topological polar surface area (TPSA) is 68.3 Å². The summed E-state index contributed by atoms with van der Waals surface area (Å²) in [6, 6.07) is 22.7. The van der Waals surface area contributed by atoms with E-state index in [1.54, 1.807) is 6.20 Å². The molecule has 0 bridgehead atoms. The number of dihydropyridines is 1. The molecule has 0 fully saturated rings. The number of ketones is 1. The van der Waals surface area contributed by atoms with Crippen LogP contribution >= 0.6 is 11.6 Å². The minimum Gasteiger partial charge on any atom is -0.457 e. The molecule has 0 saturated heterocycles. The van der Waals surface area contributed by atoms with E-state index in [1.807, 2.05) is 79.7 Å². The van der Waals surface area contributed by atoms with Gasteiger partial charge in [-0.15, -0.1) is 0 Å². The van der Waals surface area contributed by atoms with Crippen molar-refractivity contribution in [3.8, 4) is 0 Å². The first-order chi connectivity index (χ1) is 17.0. The van der Waals surface area contributed by atoms with Gasteiger partial charge in [0.25, 0.3) is 0 Å². The number of nitrogens with zero attached hydrogens (tertiary/aromatic N) is 1. The highest BCUT2D eigenvalue weighted by Crippen LogP contribution is 2.45. The standard InChI is InChI=1S/C29H25ClN2O3/c1-18-26(29(34)35-17-19-7-3-2-4-8-19)28(23-9-5-6-14-31-23)27-24(32-18)15-21(16-25(27)33)20-10-12-22(30)13-11-20/h2-14,21,28,32H,15-17H2,1H3/t21-,28-/m1/s1. The second-order valence-electron chi connectivity index (χ2n) is 8.89. The van der Waals surface area contributed by atoms with Crippen molar-refractivity contribution in [3.05, 3.63) is 123 Å². The van der Waals surface area contributed by atoms with Crippen molar-refractivity contribution >= 4 is 23.4 Å². The molecule has 3 aromatic rings. The Hall–Kier alpha value is -3.70. The fourth-order valence-corrected chi connectivity index (χ4v) is 5.05. The molecule has 5 nitrogen and oxygen atoms in total. The van der Waals surface area contributed by atoms with E-state index in [9.17, 15) is 9.59 Å². The SMILES string of the molecule is CC1=C(C(=O)OCc2ccccc2)[C@@H](c2ccccn2)C2=C(C[C@@H](c3ccc(Cl)cc3)CC2=O)N1. The fraction of sp³-hybridized carbons (Fsp3) is 0.207. The van der Waals surface area contributed by atoms with Gasteiger partial charge in [0.2, 0.25) is 0 Å². The third-order valence-corrected chi connectivity index (χ3v) is 6.84. The number of rotatable bonds is 5.